The Morgan fingerprint density at radius 3 is 3.00 bits per heavy atom. The summed E-state index contributed by atoms with van der Waals surface area (Å²) in [5, 5.41) is 0. The zero-order valence-electron chi connectivity index (χ0n) is 8.18. The monoisotopic (exact) mass is 164 g/mol. The minimum Gasteiger partial charge on any atom is -0.0843 e. The minimum absolute atomic E-state index is 1.28. The molecule has 0 nitrogen and oxygen atoms in total. The van der Waals surface area contributed by atoms with Crippen LogP contribution in [0.2, 0.25) is 0 Å². The molecule has 0 aromatic carbocycles. The molecule has 0 aliphatic heterocycles. The first-order chi connectivity index (χ1) is 5.93. The van der Waals surface area contributed by atoms with Gasteiger partial charge in [0.25, 0.3) is 0 Å². The van der Waals surface area contributed by atoms with Gasteiger partial charge >= 0.3 is 0 Å². The Labute approximate surface area is 76.4 Å². The lowest BCUT2D eigenvalue weighted by Gasteiger charge is -2.06. The molecule has 0 spiro atoms. The van der Waals surface area contributed by atoms with Crippen molar-refractivity contribution in [3.8, 4) is 0 Å². The van der Waals surface area contributed by atoms with Gasteiger partial charge in [-0.15, -0.1) is 0 Å². The molecular formula is C12H20. The van der Waals surface area contributed by atoms with Crippen molar-refractivity contribution in [1.82, 2.24) is 0 Å². The summed E-state index contributed by atoms with van der Waals surface area (Å²) >= 11 is 0. The van der Waals surface area contributed by atoms with Crippen LogP contribution in [0.3, 0.4) is 0 Å². The first-order valence-electron chi connectivity index (χ1n) is 5.29. The third-order valence-corrected chi connectivity index (χ3v) is 2.38. The highest BCUT2D eigenvalue weighted by Gasteiger charge is 1.97. The van der Waals surface area contributed by atoms with Crippen LogP contribution in [0.4, 0.5) is 0 Å². The molecule has 1 aliphatic carbocycles. The Hall–Kier alpha value is -0.520. The van der Waals surface area contributed by atoms with Crippen molar-refractivity contribution >= 4 is 0 Å². The predicted octanol–water partition coefficient (Wildman–Crippen LogP) is 4.23. The van der Waals surface area contributed by atoms with Crippen molar-refractivity contribution in [3.63, 3.8) is 0 Å². The van der Waals surface area contributed by atoms with Crippen LogP contribution < -0.4 is 0 Å². The molecule has 12 heavy (non-hydrogen) atoms. The van der Waals surface area contributed by atoms with Crippen LogP contribution in [0, 0.1) is 0 Å². The first-order valence-corrected chi connectivity index (χ1v) is 5.29. The summed E-state index contributed by atoms with van der Waals surface area (Å²) in [6.45, 7) is 2.26. The van der Waals surface area contributed by atoms with Gasteiger partial charge in [0.2, 0.25) is 0 Å². The molecule has 0 atom stereocenters. The molecule has 1 aliphatic rings. The van der Waals surface area contributed by atoms with Gasteiger partial charge in [0.15, 0.2) is 0 Å². The highest BCUT2D eigenvalue weighted by atomic mass is 14.0. The number of rotatable bonds is 4. The highest BCUT2D eigenvalue weighted by molar-refractivity contribution is 5.20. The zero-order valence-corrected chi connectivity index (χ0v) is 8.18. The van der Waals surface area contributed by atoms with Crippen LogP contribution in [0.15, 0.2) is 23.8 Å². The van der Waals surface area contributed by atoms with Crippen molar-refractivity contribution in [3.05, 3.63) is 23.8 Å². The maximum absolute atomic E-state index is 2.42. The highest BCUT2D eigenvalue weighted by Crippen LogP contribution is 2.17. The molecule has 0 unspecified atom stereocenters. The zero-order chi connectivity index (χ0) is 8.65. The molecule has 1 rings (SSSR count). The molecule has 0 N–H and O–H groups in total. The normalized spacial score (nSPS) is 20.2. The predicted molar refractivity (Wildman–Crippen MR) is 55.2 cm³/mol. The molecular weight excluding hydrogens is 144 g/mol. The van der Waals surface area contributed by atoms with Crippen molar-refractivity contribution in [2.24, 2.45) is 0 Å². The van der Waals surface area contributed by atoms with Gasteiger partial charge < -0.3 is 0 Å². The van der Waals surface area contributed by atoms with Crippen molar-refractivity contribution < 1.29 is 0 Å². The van der Waals surface area contributed by atoms with Crippen LogP contribution in [-0.2, 0) is 0 Å². The summed E-state index contributed by atoms with van der Waals surface area (Å²) in [7, 11) is 0. The SMILES string of the molecule is CCCCCC=C1C=CCCC1. The molecule has 0 heterocycles. The molecule has 0 saturated carbocycles. The second kappa shape index (κ2) is 6.05. The van der Waals surface area contributed by atoms with Crippen LogP contribution >= 0.6 is 0 Å². The molecule has 0 saturated heterocycles. The van der Waals surface area contributed by atoms with Crippen LogP contribution in [-0.4, -0.2) is 0 Å². The lowest BCUT2D eigenvalue weighted by atomic mass is 10.0. The van der Waals surface area contributed by atoms with E-state index in [1.165, 1.54) is 44.9 Å². The summed E-state index contributed by atoms with van der Waals surface area (Å²) in [5.41, 5.74) is 1.57. The maximum atomic E-state index is 2.42. The molecule has 0 aromatic heterocycles. The van der Waals surface area contributed by atoms with Gasteiger partial charge in [-0.1, -0.05) is 43.6 Å². The molecule has 0 radical (unpaired) electrons. The Morgan fingerprint density at radius 1 is 1.42 bits per heavy atom. The smallest absolute Gasteiger partial charge is 0.0279 e. The molecule has 0 heteroatoms. The van der Waals surface area contributed by atoms with Crippen LogP contribution in [0.5, 0.6) is 0 Å². The van der Waals surface area contributed by atoms with Crippen LogP contribution in [0.1, 0.15) is 51.9 Å². The van der Waals surface area contributed by atoms with Gasteiger partial charge in [0.05, 0.1) is 0 Å². The fourth-order valence-corrected chi connectivity index (χ4v) is 1.59. The van der Waals surface area contributed by atoms with Gasteiger partial charge in [-0.3, -0.25) is 0 Å². The standard InChI is InChI=1S/C12H20/c1-2-3-4-6-9-12-10-7-5-8-11-12/h7,9-10H,2-6,8,11H2,1H3. The summed E-state index contributed by atoms with van der Waals surface area (Å²) in [5.74, 6) is 0. The van der Waals surface area contributed by atoms with E-state index in [4.69, 9.17) is 0 Å². The van der Waals surface area contributed by atoms with Gasteiger partial charge in [-0.05, 0) is 32.1 Å². The van der Waals surface area contributed by atoms with Gasteiger partial charge in [0, 0.05) is 0 Å². The summed E-state index contributed by atoms with van der Waals surface area (Å²) in [4.78, 5) is 0. The Morgan fingerprint density at radius 2 is 2.33 bits per heavy atom. The lowest BCUT2D eigenvalue weighted by molar-refractivity contribution is 0.723. The first kappa shape index (κ1) is 9.57. The van der Waals surface area contributed by atoms with Gasteiger partial charge in [-0.2, -0.15) is 0 Å². The number of allylic oxidation sites excluding steroid dienone is 4. The van der Waals surface area contributed by atoms with E-state index in [0.29, 0.717) is 0 Å². The largest absolute Gasteiger partial charge is 0.0843 e. The van der Waals surface area contributed by atoms with Crippen molar-refractivity contribution in [2.45, 2.75) is 51.9 Å². The second-order valence-corrected chi connectivity index (χ2v) is 3.57. The van der Waals surface area contributed by atoms with Crippen LogP contribution in [0.25, 0.3) is 0 Å². The van der Waals surface area contributed by atoms with Crippen molar-refractivity contribution in [2.75, 3.05) is 0 Å². The Balaban J connectivity index is 2.17. The molecule has 0 fully saturated rings. The second-order valence-electron chi connectivity index (χ2n) is 3.57. The van der Waals surface area contributed by atoms with E-state index < -0.39 is 0 Å². The summed E-state index contributed by atoms with van der Waals surface area (Å²) in [6.07, 6.45) is 16.3. The van der Waals surface area contributed by atoms with E-state index in [2.05, 4.69) is 25.2 Å². The lowest BCUT2D eigenvalue weighted by Crippen LogP contribution is -1.86. The van der Waals surface area contributed by atoms with E-state index in [1.54, 1.807) is 5.57 Å². The molecule has 0 aromatic rings. The van der Waals surface area contributed by atoms with Gasteiger partial charge in [0.1, 0.15) is 0 Å². The third kappa shape index (κ3) is 3.75. The maximum Gasteiger partial charge on any atom is -0.0279 e. The van der Waals surface area contributed by atoms with E-state index in [-0.39, 0.29) is 0 Å². The van der Waals surface area contributed by atoms with E-state index in [9.17, 15) is 0 Å². The Kier molecular flexibility index (Phi) is 4.82. The van der Waals surface area contributed by atoms with E-state index >= 15 is 0 Å². The van der Waals surface area contributed by atoms with E-state index in [1.807, 2.05) is 0 Å². The fraction of sp³-hybridized carbons (Fsp3) is 0.667. The topological polar surface area (TPSA) is 0 Å². The number of unbranched alkanes of at least 4 members (excludes halogenated alkanes) is 3. The molecule has 0 amide bonds. The summed E-state index contributed by atoms with van der Waals surface area (Å²) < 4.78 is 0. The number of hydrogen-bond donors (Lipinski definition) is 0. The average molecular weight is 164 g/mol. The fourth-order valence-electron chi connectivity index (χ4n) is 1.59. The minimum atomic E-state index is 1.28. The van der Waals surface area contributed by atoms with E-state index in [0.717, 1.165) is 0 Å². The Bertz CT molecular complexity index is 163. The summed E-state index contributed by atoms with van der Waals surface area (Å²) in [6, 6.07) is 0. The average Bonchev–Trinajstić information content (AvgIpc) is 2.14. The number of hydrogen-bond acceptors (Lipinski definition) is 0. The quantitative estimate of drug-likeness (QED) is 0.545. The molecule has 0 bridgehead atoms. The molecule has 68 valence electrons. The van der Waals surface area contributed by atoms with Gasteiger partial charge in [-0.25, -0.2) is 0 Å². The van der Waals surface area contributed by atoms with Crippen molar-refractivity contribution in [1.29, 1.82) is 0 Å². The third-order valence-electron chi connectivity index (χ3n) is 2.38.